The van der Waals surface area contributed by atoms with Gasteiger partial charge in [0.25, 0.3) is 0 Å². The predicted octanol–water partition coefficient (Wildman–Crippen LogP) is 9.42. The van der Waals surface area contributed by atoms with Gasteiger partial charge in [0, 0.05) is 43.2 Å². The third-order valence-corrected chi connectivity index (χ3v) is 9.00. The number of halogens is 2. The van der Waals surface area contributed by atoms with E-state index in [-0.39, 0.29) is 0 Å². The van der Waals surface area contributed by atoms with Crippen molar-refractivity contribution < 1.29 is 4.42 Å². The molecule has 0 N–H and O–H groups in total. The molecule has 7 aromatic rings. The fraction of sp³-hybridized carbons (Fsp3) is 0.0303. The van der Waals surface area contributed by atoms with Crippen molar-refractivity contribution in [2.75, 3.05) is 0 Å². The minimum atomic E-state index is -0.586. The molecular weight excluding hydrogens is 600 g/mol. The summed E-state index contributed by atoms with van der Waals surface area (Å²) in [5, 5.41) is 2.16. The molecule has 0 amide bonds. The lowest BCUT2D eigenvalue weighted by molar-refractivity contribution is 0.668. The second-order valence-corrected chi connectivity index (χ2v) is 11.3. The number of hydrogen-bond acceptors (Lipinski definition) is 3. The van der Waals surface area contributed by atoms with E-state index < -0.39 is 5.41 Å². The van der Waals surface area contributed by atoms with Crippen LogP contribution in [-0.2, 0) is 5.41 Å². The van der Waals surface area contributed by atoms with Crippen LogP contribution in [-0.4, -0.2) is 9.97 Å². The first kappa shape index (κ1) is 22.2. The van der Waals surface area contributed by atoms with E-state index in [4.69, 9.17) is 14.4 Å². The maximum atomic E-state index is 6.69. The van der Waals surface area contributed by atoms with Crippen LogP contribution in [0, 0.1) is 0 Å². The van der Waals surface area contributed by atoms with Gasteiger partial charge in [-0.2, -0.15) is 0 Å². The summed E-state index contributed by atoms with van der Waals surface area (Å²) in [7, 11) is 0. The normalized spacial score (nSPS) is 13.7. The second kappa shape index (κ2) is 8.10. The number of aromatic nitrogens is 2. The second-order valence-electron chi connectivity index (χ2n) is 9.60. The van der Waals surface area contributed by atoms with Gasteiger partial charge in [-0.25, -0.2) is 0 Å². The molecule has 0 radical (unpaired) electrons. The Morgan fingerprint density at radius 2 is 1.18 bits per heavy atom. The largest absolute Gasteiger partial charge is 0.455 e. The highest BCUT2D eigenvalue weighted by molar-refractivity contribution is 9.11. The lowest BCUT2D eigenvalue weighted by atomic mass is 9.67. The molecule has 0 fully saturated rings. The third kappa shape index (κ3) is 2.78. The number of para-hydroxylation sites is 1. The summed E-state index contributed by atoms with van der Waals surface area (Å²) in [4.78, 5) is 9.62. The molecular formula is C33H18Br2N2O. The van der Waals surface area contributed by atoms with Crippen molar-refractivity contribution in [3.8, 4) is 11.1 Å². The molecule has 3 nitrogen and oxygen atoms in total. The number of nitrogens with zero attached hydrogens (tertiary/aromatic N) is 2. The summed E-state index contributed by atoms with van der Waals surface area (Å²) in [5.74, 6) is 0. The minimum Gasteiger partial charge on any atom is -0.455 e. The first-order valence-electron chi connectivity index (χ1n) is 12.4. The Hall–Kier alpha value is -3.80. The summed E-state index contributed by atoms with van der Waals surface area (Å²) < 4.78 is 8.62. The molecule has 0 saturated heterocycles. The van der Waals surface area contributed by atoms with Gasteiger partial charge in [-0.1, -0.05) is 94.8 Å². The van der Waals surface area contributed by atoms with Crippen LogP contribution in [0.4, 0.5) is 0 Å². The number of furan rings is 1. The highest BCUT2D eigenvalue weighted by atomic mass is 79.9. The predicted molar refractivity (Wildman–Crippen MR) is 160 cm³/mol. The standard InChI is InChI=1S/C33H18Br2N2O/c34-24-17-23-29(32-27(24)21-13-7-8-14-26(21)38-32)28-22(18-25(35)30-31(28)37-16-15-36-30)33(23,19-9-3-1-4-10-19)20-11-5-2-6-12-20/h1-18H. The van der Waals surface area contributed by atoms with Gasteiger partial charge in [-0.05, 0) is 56.4 Å². The fourth-order valence-electron chi connectivity index (χ4n) is 6.35. The first-order valence-corrected chi connectivity index (χ1v) is 14.0. The first-order chi connectivity index (χ1) is 18.7. The van der Waals surface area contributed by atoms with Gasteiger partial charge in [0.05, 0.1) is 10.9 Å². The molecule has 2 aromatic heterocycles. The summed E-state index contributed by atoms with van der Waals surface area (Å²) in [5.41, 5.74) is 9.65. The van der Waals surface area contributed by atoms with Crippen LogP contribution in [0.1, 0.15) is 22.3 Å². The zero-order valence-electron chi connectivity index (χ0n) is 20.0. The maximum Gasteiger partial charge on any atom is 0.144 e. The maximum absolute atomic E-state index is 6.69. The Bertz CT molecular complexity index is 2010. The lowest BCUT2D eigenvalue weighted by Crippen LogP contribution is -2.28. The Labute approximate surface area is 235 Å². The van der Waals surface area contributed by atoms with E-state index in [2.05, 4.69) is 117 Å². The van der Waals surface area contributed by atoms with Gasteiger partial charge in [-0.15, -0.1) is 0 Å². The Morgan fingerprint density at radius 3 is 1.89 bits per heavy atom. The van der Waals surface area contributed by atoms with Gasteiger partial charge >= 0.3 is 0 Å². The van der Waals surface area contributed by atoms with Crippen LogP contribution >= 0.6 is 31.9 Å². The average molecular weight is 618 g/mol. The van der Waals surface area contributed by atoms with E-state index in [1.165, 1.54) is 11.1 Å². The van der Waals surface area contributed by atoms with Crippen LogP contribution in [0.5, 0.6) is 0 Å². The van der Waals surface area contributed by atoms with Crippen LogP contribution in [0.25, 0.3) is 44.1 Å². The molecule has 2 heterocycles. The molecule has 5 heteroatoms. The van der Waals surface area contributed by atoms with Crippen LogP contribution < -0.4 is 0 Å². The highest BCUT2D eigenvalue weighted by Gasteiger charge is 2.49. The molecule has 0 bridgehead atoms. The molecule has 1 aliphatic rings. The summed E-state index contributed by atoms with van der Waals surface area (Å²) in [6, 6.07) is 34.2. The van der Waals surface area contributed by atoms with Crippen molar-refractivity contribution >= 4 is 64.8 Å². The molecule has 0 atom stereocenters. The monoisotopic (exact) mass is 616 g/mol. The zero-order chi connectivity index (χ0) is 25.4. The summed E-state index contributed by atoms with van der Waals surface area (Å²) >= 11 is 7.81. The number of benzene rings is 5. The molecule has 0 aliphatic heterocycles. The van der Waals surface area contributed by atoms with Gasteiger partial charge in [0.1, 0.15) is 16.7 Å². The van der Waals surface area contributed by atoms with Crippen molar-refractivity contribution in [1.29, 1.82) is 0 Å². The van der Waals surface area contributed by atoms with E-state index in [1.54, 1.807) is 12.4 Å². The fourth-order valence-corrected chi connectivity index (χ4v) is 7.49. The third-order valence-electron chi connectivity index (χ3n) is 7.78. The molecule has 8 rings (SSSR count). The minimum absolute atomic E-state index is 0.586. The average Bonchev–Trinajstić information content (AvgIpc) is 3.49. The molecule has 38 heavy (non-hydrogen) atoms. The van der Waals surface area contributed by atoms with Crippen LogP contribution in [0.3, 0.4) is 0 Å². The quantitative estimate of drug-likeness (QED) is 0.194. The summed E-state index contributed by atoms with van der Waals surface area (Å²) in [6.45, 7) is 0. The number of fused-ring (bicyclic) bond motifs is 9. The zero-order valence-corrected chi connectivity index (χ0v) is 23.1. The van der Waals surface area contributed by atoms with Gasteiger partial charge in [-0.3, -0.25) is 9.97 Å². The van der Waals surface area contributed by atoms with Crippen LogP contribution in [0.2, 0.25) is 0 Å². The van der Waals surface area contributed by atoms with Crippen molar-refractivity contribution in [2.24, 2.45) is 0 Å². The van der Waals surface area contributed by atoms with Crippen molar-refractivity contribution in [3.05, 3.63) is 141 Å². The SMILES string of the molecule is Brc1cc2c(c3nccnc13)-c1c(cc(Br)c3c1oc1ccccc13)C2(c1ccccc1)c1ccccc1. The number of rotatable bonds is 2. The van der Waals surface area contributed by atoms with E-state index in [1.807, 2.05) is 12.1 Å². The Kier molecular flexibility index (Phi) is 4.73. The van der Waals surface area contributed by atoms with E-state index in [0.717, 1.165) is 64.2 Å². The molecule has 180 valence electrons. The van der Waals surface area contributed by atoms with Gasteiger partial charge in [0.15, 0.2) is 0 Å². The van der Waals surface area contributed by atoms with Gasteiger partial charge < -0.3 is 4.42 Å². The van der Waals surface area contributed by atoms with E-state index in [0.29, 0.717) is 0 Å². The Morgan fingerprint density at radius 1 is 0.605 bits per heavy atom. The molecule has 0 saturated carbocycles. The van der Waals surface area contributed by atoms with E-state index in [9.17, 15) is 0 Å². The van der Waals surface area contributed by atoms with Crippen molar-refractivity contribution in [3.63, 3.8) is 0 Å². The van der Waals surface area contributed by atoms with Gasteiger partial charge in [0.2, 0.25) is 0 Å². The highest BCUT2D eigenvalue weighted by Crippen LogP contribution is 2.61. The Balaban J connectivity index is 1.69. The van der Waals surface area contributed by atoms with E-state index >= 15 is 0 Å². The topological polar surface area (TPSA) is 38.9 Å². The van der Waals surface area contributed by atoms with Crippen molar-refractivity contribution in [1.82, 2.24) is 9.97 Å². The lowest BCUT2D eigenvalue weighted by Gasteiger charge is -2.34. The molecule has 0 unspecified atom stereocenters. The molecule has 1 aliphatic carbocycles. The van der Waals surface area contributed by atoms with Crippen molar-refractivity contribution in [2.45, 2.75) is 5.41 Å². The number of hydrogen-bond donors (Lipinski definition) is 0. The molecule has 0 spiro atoms. The van der Waals surface area contributed by atoms with Crippen LogP contribution in [0.15, 0.2) is 123 Å². The summed E-state index contributed by atoms with van der Waals surface area (Å²) in [6.07, 6.45) is 3.52. The smallest absolute Gasteiger partial charge is 0.144 e. The molecule has 5 aromatic carbocycles.